The summed E-state index contributed by atoms with van der Waals surface area (Å²) in [7, 11) is 0. The number of aryl methyl sites for hydroxylation is 1. The summed E-state index contributed by atoms with van der Waals surface area (Å²) in [6, 6.07) is 1.76. The fourth-order valence-electron chi connectivity index (χ4n) is 2.86. The van der Waals surface area contributed by atoms with E-state index in [1.807, 2.05) is 0 Å². The van der Waals surface area contributed by atoms with Crippen LogP contribution in [0.3, 0.4) is 0 Å². The molecule has 2 atom stereocenters. The van der Waals surface area contributed by atoms with Gasteiger partial charge in [-0.3, -0.25) is 0 Å². The number of hydrogen-bond acceptors (Lipinski definition) is 8. The summed E-state index contributed by atoms with van der Waals surface area (Å²) in [6.07, 6.45) is -11.3. The first-order chi connectivity index (χ1) is 15.7. The molecule has 9 nitrogen and oxygen atoms in total. The van der Waals surface area contributed by atoms with E-state index in [0.717, 1.165) is 18.2 Å². The van der Waals surface area contributed by atoms with Crippen molar-refractivity contribution < 1.29 is 60.0 Å². The van der Waals surface area contributed by atoms with E-state index in [1.54, 1.807) is 0 Å². The maximum atomic E-state index is 13.9. The molecule has 0 aromatic heterocycles. The smallest absolute Gasteiger partial charge is 0.469 e. The Hall–Kier alpha value is -3.39. The fourth-order valence-corrected chi connectivity index (χ4v) is 2.86. The van der Waals surface area contributed by atoms with Crippen LogP contribution in [0.4, 0.5) is 31.1 Å². The maximum Gasteiger partial charge on any atom is 0.573 e. The second-order valence-corrected chi connectivity index (χ2v) is 7.04. The van der Waals surface area contributed by atoms with Gasteiger partial charge in [-0.15, -0.1) is 23.3 Å². The number of carbonyl (C=O) groups is 1. The van der Waals surface area contributed by atoms with Gasteiger partial charge in [-0.05, 0) is 37.1 Å². The van der Waals surface area contributed by atoms with Gasteiger partial charge in [0.25, 0.3) is 10.7 Å². The molecule has 0 saturated carbocycles. The van der Waals surface area contributed by atoms with Crippen molar-refractivity contribution in [2.24, 2.45) is 0 Å². The minimum atomic E-state index is -5.10. The fraction of sp³-hybridized carbons (Fsp3) is 0.526. The summed E-state index contributed by atoms with van der Waals surface area (Å²) < 4.78 is 97.7. The van der Waals surface area contributed by atoms with Crippen molar-refractivity contribution in [2.75, 3.05) is 13.2 Å². The molecule has 1 aliphatic rings. The third-order valence-corrected chi connectivity index (χ3v) is 4.50. The predicted octanol–water partition coefficient (Wildman–Crippen LogP) is 4.99. The van der Waals surface area contributed by atoms with Gasteiger partial charge in [0.15, 0.2) is 0 Å². The molecule has 0 aliphatic carbocycles. The van der Waals surface area contributed by atoms with Crippen LogP contribution >= 0.6 is 0 Å². The largest absolute Gasteiger partial charge is 0.573 e. The Balaban J connectivity index is 2.18. The first-order valence-electron chi connectivity index (χ1n) is 9.64. The van der Waals surface area contributed by atoms with Crippen LogP contribution in [0.2, 0.25) is 0 Å². The van der Waals surface area contributed by atoms with Gasteiger partial charge in [0, 0.05) is 12.0 Å². The molecule has 1 aromatic carbocycles. The summed E-state index contributed by atoms with van der Waals surface area (Å²) in [6.45, 7) is 1.01. The monoisotopic (exact) mass is 503 g/mol. The van der Waals surface area contributed by atoms with Crippen LogP contribution in [0.15, 0.2) is 18.2 Å². The average Bonchev–Trinajstić information content (AvgIpc) is 2.69. The van der Waals surface area contributed by atoms with Crippen LogP contribution < -0.4 is 9.47 Å². The molecule has 1 aliphatic heterocycles. The Morgan fingerprint density at radius 1 is 1.24 bits per heavy atom. The van der Waals surface area contributed by atoms with E-state index in [-0.39, 0.29) is 29.7 Å². The zero-order valence-electron chi connectivity index (χ0n) is 17.7. The van der Waals surface area contributed by atoms with Gasteiger partial charge in [-0.25, -0.2) is 4.79 Å². The number of fused-ring (bicyclic) bond motifs is 1. The lowest BCUT2D eigenvalue weighted by atomic mass is 9.95. The van der Waals surface area contributed by atoms with Crippen LogP contribution in [0.5, 0.6) is 11.5 Å². The van der Waals surface area contributed by atoms with Gasteiger partial charge in [-0.2, -0.15) is 13.2 Å². The van der Waals surface area contributed by atoms with Crippen molar-refractivity contribution in [1.82, 2.24) is 0 Å². The van der Waals surface area contributed by atoms with Gasteiger partial charge < -0.3 is 23.8 Å². The molecule has 1 unspecified atom stereocenters. The number of nitrogens with zero attached hydrogens (tertiary/aromatic N) is 1. The Morgan fingerprint density at radius 3 is 2.47 bits per heavy atom. The molecule has 1 heterocycles. The van der Waals surface area contributed by atoms with Crippen molar-refractivity contribution in [3.05, 3.63) is 39.4 Å². The summed E-state index contributed by atoms with van der Waals surface area (Å²) >= 11 is 0. The summed E-state index contributed by atoms with van der Waals surface area (Å²) in [4.78, 5) is 26.0. The van der Waals surface area contributed by atoms with Crippen molar-refractivity contribution in [3.63, 3.8) is 0 Å². The zero-order chi connectivity index (χ0) is 25.7. The number of hydrogen-bond donors (Lipinski definition) is 0. The minimum Gasteiger partial charge on any atom is -0.469 e. The third-order valence-electron chi connectivity index (χ3n) is 4.50. The van der Waals surface area contributed by atoms with E-state index in [9.17, 15) is 41.3 Å². The molecule has 34 heavy (non-hydrogen) atoms. The van der Waals surface area contributed by atoms with Crippen molar-refractivity contribution in [3.8, 4) is 11.5 Å². The van der Waals surface area contributed by atoms with E-state index in [2.05, 4.69) is 14.3 Å². The van der Waals surface area contributed by atoms with Gasteiger partial charge in [0.2, 0.25) is 0 Å². The Labute approximate surface area is 188 Å². The SMILES string of the molecule is CCc1cc(OC(F)(F)F)cc2c1O[C@@](COC(=O)OC(C)CCO[N+](=O)[O-])(C(F)(F)F)C=C2. The van der Waals surface area contributed by atoms with E-state index < -0.39 is 54.4 Å². The number of alkyl halides is 6. The number of carbonyl (C=O) groups excluding carboxylic acids is 1. The molecular weight excluding hydrogens is 484 g/mol. The molecule has 0 fully saturated rings. The van der Waals surface area contributed by atoms with Crippen LogP contribution in [0.25, 0.3) is 6.08 Å². The summed E-state index contributed by atoms with van der Waals surface area (Å²) in [5.41, 5.74) is -3.25. The van der Waals surface area contributed by atoms with Crippen LogP contribution in [0, 0.1) is 10.1 Å². The Kier molecular flexibility index (Phi) is 8.10. The molecule has 0 saturated heterocycles. The van der Waals surface area contributed by atoms with Gasteiger partial charge in [0.1, 0.15) is 24.2 Å². The molecule has 0 amide bonds. The number of benzene rings is 1. The second kappa shape index (κ2) is 10.3. The number of halogens is 6. The van der Waals surface area contributed by atoms with Crippen molar-refractivity contribution in [1.29, 1.82) is 0 Å². The van der Waals surface area contributed by atoms with Crippen LogP contribution in [-0.4, -0.2) is 48.7 Å². The average molecular weight is 503 g/mol. The molecule has 1 aromatic rings. The maximum absolute atomic E-state index is 13.9. The predicted molar refractivity (Wildman–Crippen MR) is 100 cm³/mol. The quantitative estimate of drug-likeness (QED) is 0.201. The highest BCUT2D eigenvalue weighted by molar-refractivity contribution is 5.66. The Morgan fingerprint density at radius 2 is 1.91 bits per heavy atom. The van der Waals surface area contributed by atoms with E-state index in [1.165, 1.54) is 13.8 Å². The number of ether oxygens (including phenoxy) is 4. The van der Waals surface area contributed by atoms with Gasteiger partial charge in [-0.1, -0.05) is 13.0 Å². The van der Waals surface area contributed by atoms with Crippen molar-refractivity contribution in [2.45, 2.75) is 50.9 Å². The molecule has 2 rings (SSSR count). The lowest BCUT2D eigenvalue weighted by molar-refractivity contribution is -0.758. The lowest BCUT2D eigenvalue weighted by Gasteiger charge is -2.36. The van der Waals surface area contributed by atoms with Crippen molar-refractivity contribution >= 4 is 12.2 Å². The number of rotatable bonds is 9. The second-order valence-electron chi connectivity index (χ2n) is 7.04. The molecule has 0 bridgehead atoms. The van der Waals surface area contributed by atoms with Gasteiger partial charge >= 0.3 is 18.7 Å². The lowest BCUT2D eigenvalue weighted by Crippen LogP contribution is -2.54. The molecule has 190 valence electrons. The topological polar surface area (TPSA) is 106 Å². The highest BCUT2D eigenvalue weighted by Gasteiger charge is 2.58. The summed E-state index contributed by atoms with van der Waals surface area (Å²) in [5.74, 6) is -0.982. The zero-order valence-corrected chi connectivity index (χ0v) is 17.7. The van der Waals surface area contributed by atoms with E-state index in [0.29, 0.717) is 6.08 Å². The van der Waals surface area contributed by atoms with Crippen LogP contribution in [0.1, 0.15) is 31.4 Å². The molecular formula is C19H19F6NO8. The molecule has 0 radical (unpaired) electrons. The standard InChI is InChI=1S/C19H19F6NO8/c1-3-12-8-14(33-19(23,24)25)9-13-4-6-17(18(20,21)22,34-15(12)13)10-30-16(27)32-11(2)5-7-31-26(28)29/h4,6,8-9,11H,3,5,7,10H2,1-2H3/t11?,17-/m0/s1. The summed E-state index contributed by atoms with van der Waals surface area (Å²) in [5, 5.41) is 9.03. The normalized spacial score (nSPS) is 18.4. The first-order valence-corrected chi connectivity index (χ1v) is 9.64. The van der Waals surface area contributed by atoms with Gasteiger partial charge in [0.05, 0.1) is 6.61 Å². The molecule has 15 heteroatoms. The highest BCUT2D eigenvalue weighted by Crippen LogP contribution is 2.44. The molecule has 0 N–H and O–H groups in total. The first kappa shape index (κ1) is 26.9. The minimum absolute atomic E-state index is 0.00304. The van der Waals surface area contributed by atoms with Crippen LogP contribution in [-0.2, 0) is 20.7 Å². The van der Waals surface area contributed by atoms with E-state index >= 15 is 0 Å². The Bertz CT molecular complexity index is 933. The van der Waals surface area contributed by atoms with E-state index in [4.69, 9.17) is 9.47 Å². The highest BCUT2D eigenvalue weighted by atomic mass is 19.4. The molecule has 0 spiro atoms. The third kappa shape index (κ3) is 7.05.